The van der Waals surface area contributed by atoms with Crippen molar-refractivity contribution in [2.45, 2.75) is 62.4 Å². The van der Waals surface area contributed by atoms with E-state index in [0.29, 0.717) is 30.8 Å². The molecular weight excluding hydrogens is 460 g/mol. The summed E-state index contributed by atoms with van der Waals surface area (Å²) in [7, 11) is -3.41. The Bertz CT molecular complexity index is 1260. The van der Waals surface area contributed by atoms with Gasteiger partial charge in [0.25, 0.3) is 0 Å². The van der Waals surface area contributed by atoms with Gasteiger partial charge in [0.15, 0.2) is 0 Å². The normalized spacial score (nSPS) is 18.3. The molecule has 184 valence electrons. The summed E-state index contributed by atoms with van der Waals surface area (Å²) in [6, 6.07) is 17.2. The van der Waals surface area contributed by atoms with Crippen molar-refractivity contribution in [1.29, 1.82) is 0 Å². The molecule has 1 amide bonds. The maximum absolute atomic E-state index is 12.8. The molecule has 2 aromatic carbocycles. The molecule has 2 heterocycles. The highest BCUT2D eigenvalue weighted by molar-refractivity contribution is 7.89. The highest BCUT2D eigenvalue weighted by Gasteiger charge is 2.27. The van der Waals surface area contributed by atoms with E-state index in [2.05, 4.69) is 27.2 Å². The summed E-state index contributed by atoms with van der Waals surface area (Å²) >= 11 is 0. The minimum Gasteiger partial charge on any atom is -0.349 e. The third-order valence-corrected chi connectivity index (χ3v) is 8.95. The Balaban J connectivity index is 1.17. The van der Waals surface area contributed by atoms with E-state index in [-0.39, 0.29) is 11.9 Å². The summed E-state index contributed by atoms with van der Waals surface area (Å²) in [6.45, 7) is 1.93. The van der Waals surface area contributed by atoms with E-state index >= 15 is 0 Å². The number of hydrogen-bond donors (Lipinski definition) is 1. The summed E-state index contributed by atoms with van der Waals surface area (Å²) in [4.78, 5) is 13.1. The molecule has 1 aliphatic carbocycles. The number of aryl methyl sites for hydroxylation is 1. The lowest BCUT2D eigenvalue weighted by Crippen LogP contribution is -2.31. The molecule has 1 unspecified atom stereocenters. The van der Waals surface area contributed by atoms with Crippen LogP contribution in [0.3, 0.4) is 0 Å². The molecule has 2 aliphatic rings. The summed E-state index contributed by atoms with van der Waals surface area (Å²) in [5.41, 5.74) is 4.50. The average Bonchev–Trinajstić information content (AvgIpc) is 3.56. The van der Waals surface area contributed by atoms with Crippen LogP contribution in [0.15, 0.2) is 65.7 Å². The second kappa shape index (κ2) is 10.3. The summed E-state index contributed by atoms with van der Waals surface area (Å²) < 4.78 is 29.0. The molecule has 0 bridgehead atoms. The predicted octanol–water partition coefficient (Wildman–Crippen LogP) is 3.84. The zero-order chi connectivity index (χ0) is 24.3. The van der Waals surface area contributed by atoms with Gasteiger partial charge >= 0.3 is 0 Å². The number of carbonyl (C=O) groups is 1. The van der Waals surface area contributed by atoms with Gasteiger partial charge in [0.05, 0.1) is 23.7 Å². The zero-order valence-electron chi connectivity index (χ0n) is 19.9. The molecule has 8 heteroatoms. The van der Waals surface area contributed by atoms with Crippen LogP contribution in [-0.2, 0) is 34.2 Å². The lowest BCUT2D eigenvalue weighted by atomic mass is 9.92. The predicted molar refractivity (Wildman–Crippen MR) is 134 cm³/mol. The Hall–Kier alpha value is -2.97. The number of fused-ring (bicyclic) bond motifs is 1. The fraction of sp³-hybridized carbons (Fsp3) is 0.407. The van der Waals surface area contributed by atoms with Crippen molar-refractivity contribution < 1.29 is 13.2 Å². The van der Waals surface area contributed by atoms with Crippen molar-refractivity contribution in [3.05, 3.63) is 83.2 Å². The van der Waals surface area contributed by atoms with E-state index < -0.39 is 10.0 Å². The highest BCUT2D eigenvalue weighted by atomic mass is 32.2. The Morgan fingerprint density at radius 1 is 0.971 bits per heavy atom. The van der Waals surface area contributed by atoms with Crippen molar-refractivity contribution >= 4 is 15.9 Å². The third kappa shape index (κ3) is 5.33. The first kappa shape index (κ1) is 23.8. The van der Waals surface area contributed by atoms with Gasteiger partial charge in [-0.3, -0.25) is 9.48 Å². The summed E-state index contributed by atoms with van der Waals surface area (Å²) in [6.07, 6.45) is 7.59. The van der Waals surface area contributed by atoms with Crippen molar-refractivity contribution in [2.24, 2.45) is 0 Å². The van der Waals surface area contributed by atoms with Crippen LogP contribution < -0.4 is 5.32 Å². The highest BCUT2D eigenvalue weighted by Crippen LogP contribution is 2.30. The van der Waals surface area contributed by atoms with E-state index in [1.807, 2.05) is 36.5 Å². The molecule has 1 saturated heterocycles. The zero-order valence-corrected chi connectivity index (χ0v) is 20.7. The third-order valence-electron chi connectivity index (χ3n) is 7.04. The van der Waals surface area contributed by atoms with Crippen LogP contribution >= 0.6 is 0 Å². The first-order valence-corrected chi connectivity index (χ1v) is 13.9. The van der Waals surface area contributed by atoms with Crippen molar-refractivity contribution in [3.63, 3.8) is 0 Å². The van der Waals surface area contributed by atoms with Crippen LogP contribution in [0, 0.1) is 0 Å². The van der Waals surface area contributed by atoms with E-state index in [1.165, 1.54) is 11.3 Å². The molecular formula is C27H32N4O3S. The van der Waals surface area contributed by atoms with Crippen molar-refractivity contribution in [1.82, 2.24) is 19.4 Å². The molecule has 0 radical (unpaired) electrons. The first-order chi connectivity index (χ1) is 17.0. The molecule has 5 rings (SSSR count). The van der Waals surface area contributed by atoms with Crippen LogP contribution in [0.25, 0.3) is 0 Å². The number of amides is 1. The van der Waals surface area contributed by atoms with Crippen LogP contribution in [-0.4, -0.2) is 41.5 Å². The number of rotatable bonds is 8. The van der Waals surface area contributed by atoms with E-state index in [0.717, 1.165) is 49.8 Å². The topological polar surface area (TPSA) is 84.3 Å². The monoisotopic (exact) mass is 492 g/mol. The number of carbonyl (C=O) groups excluding carboxylic acids is 1. The number of sulfonamides is 1. The summed E-state index contributed by atoms with van der Waals surface area (Å²) in [5, 5.41) is 7.81. The van der Waals surface area contributed by atoms with Gasteiger partial charge in [0, 0.05) is 30.8 Å². The second-order valence-corrected chi connectivity index (χ2v) is 11.4. The Labute approximate surface area is 207 Å². The van der Waals surface area contributed by atoms with Crippen LogP contribution in [0.2, 0.25) is 0 Å². The van der Waals surface area contributed by atoms with Gasteiger partial charge < -0.3 is 5.32 Å². The second-order valence-electron chi connectivity index (χ2n) is 9.46. The molecule has 1 aliphatic heterocycles. The lowest BCUT2D eigenvalue weighted by molar-refractivity contribution is -0.121. The van der Waals surface area contributed by atoms with Gasteiger partial charge in [-0.2, -0.15) is 9.40 Å². The Morgan fingerprint density at radius 2 is 1.71 bits per heavy atom. The Morgan fingerprint density at radius 3 is 2.46 bits per heavy atom. The SMILES string of the molecule is O=C(CCc1ccc(S(=O)(=O)N2CCCC2)cc1)NC1CCCc2c1cnn2Cc1ccccc1. The maximum Gasteiger partial charge on any atom is 0.243 e. The van der Waals surface area contributed by atoms with Gasteiger partial charge in [0.1, 0.15) is 0 Å². The van der Waals surface area contributed by atoms with E-state index in [1.54, 1.807) is 16.4 Å². The van der Waals surface area contributed by atoms with Gasteiger partial charge in [-0.05, 0) is 61.8 Å². The fourth-order valence-corrected chi connectivity index (χ4v) is 6.61. The van der Waals surface area contributed by atoms with Gasteiger partial charge in [-0.1, -0.05) is 42.5 Å². The van der Waals surface area contributed by atoms with E-state index in [9.17, 15) is 13.2 Å². The average molecular weight is 493 g/mol. The molecule has 0 spiro atoms. The number of aromatic nitrogens is 2. The molecule has 35 heavy (non-hydrogen) atoms. The molecule has 3 aromatic rings. The van der Waals surface area contributed by atoms with Crippen LogP contribution in [0.5, 0.6) is 0 Å². The quantitative estimate of drug-likeness (QED) is 0.518. The molecule has 1 N–H and O–H groups in total. The summed E-state index contributed by atoms with van der Waals surface area (Å²) in [5.74, 6) is 0.00687. The van der Waals surface area contributed by atoms with Crippen molar-refractivity contribution in [2.75, 3.05) is 13.1 Å². The number of nitrogens with zero attached hydrogens (tertiary/aromatic N) is 3. The van der Waals surface area contributed by atoms with Crippen LogP contribution in [0.1, 0.15) is 60.5 Å². The maximum atomic E-state index is 12.8. The van der Waals surface area contributed by atoms with Crippen molar-refractivity contribution in [3.8, 4) is 0 Å². The standard InChI is InChI=1S/C27H32N4O3S/c32-27(16-13-21-11-14-23(15-12-21)35(33,34)30-17-4-5-18-30)29-25-9-6-10-26-24(25)19-28-31(26)20-22-7-2-1-3-8-22/h1-3,7-8,11-12,14-15,19,25H,4-6,9-10,13,16-18,20H2,(H,29,32). The minimum absolute atomic E-state index is 0.00687. The number of benzene rings is 2. The minimum atomic E-state index is -3.41. The molecule has 1 aromatic heterocycles. The lowest BCUT2D eigenvalue weighted by Gasteiger charge is -2.24. The van der Waals surface area contributed by atoms with Crippen LogP contribution in [0.4, 0.5) is 0 Å². The fourth-order valence-electron chi connectivity index (χ4n) is 5.09. The van der Waals surface area contributed by atoms with Gasteiger partial charge in [0.2, 0.25) is 15.9 Å². The largest absolute Gasteiger partial charge is 0.349 e. The molecule has 0 saturated carbocycles. The van der Waals surface area contributed by atoms with E-state index in [4.69, 9.17) is 0 Å². The molecule has 1 fully saturated rings. The number of nitrogens with one attached hydrogen (secondary N) is 1. The molecule has 7 nitrogen and oxygen atoms in total. The number of hydrogen-bond acceptors (Lipinski definition) is 4. The smallest absolute Gasteiger partial charge is 0.243 e. The first-order valence-electron chi connectivity index (χ1n) is 12.5. The van der Waals surface area contributed by atoms with Gasteiger partial charge in [-0.25, -0.2) is 8.42 Å². The van der Waals surface area contributed by atoms with Gasteiger partial charge in [-0.15, -0.1) is 0 Å². The molecule has 1 atom stereocenters. The Kier molecular flexibility index (Phi) is 7.02.